The second kappa shape index (κ2) is 8.80. The van der Waals surface area contributed by atoms with Gasteiger partial charge in [0, 0.05) is 29.5 Å². The van der Waals surface area contributed by atoms with Crippen molar-refractivity contribution in [2.24, 2.45) is 5.10 Å². The summed E-state index contributed by atoms with van der Waals surface area (Å²) in [6, 6.07) is 22.9. The molecule has 0 aliphatic carbocycles. The lowest BCUT2D eigenvalue weighted by atomic mass is 9.84. The maximum Gasteiger partial charge on any atom is 0.334 e. The fraction of sp³-hybridized carbons (Fsp3) is 0.167. The Morgan fingerprint density at radius 1 is 1.09 bits per heavy atom. The molecular weight excluding hydrogens is 430 g/mol. The molecule has 7 nitrogen and oxygen atoms in total. The molecule has 3 aromatic rings. The monoisotopic (exact) mass is 449 g/mol. The van der Waals surface area contributed by atoms with Crippen molar-refractivity contribution in [2.45, 2.75) is 18.4 Å². The van der Waals surface area contributed by atoms with E-state index in [2.05, 4.69) is 0 Å². The van der Waals surface area contributed by atoms with Crippen LogP contribution >= 0.6 is 11.6 Å². The van der Waals surface area contributed by atoms with Gasteiger partial charge in [0.25, 0.3) is 5.69 Å². The Morgan fingerprint density at radius 2 is 1.75 bits per heavy atom. The second-order valence-corrected chi connectivity index (χ2v) is 7.90. The number of nitro groups is 1. The average Bonchev–Trinajstić information content (AvgIpc) is 3.20. The Labute approximate surface area is 190 Å². The Bertz CT molecular complexity index is 1180. The highest BCUT2D eigenvalue weighted by Crippen LogP contribution is 2.40. The van der Waals surface area contributed by atoms with E-state index < -0.39 is 16.4 Å². The Morgan fingerprint density at radius 3 is 2.41 bits per heavy atom. The predicted octanol–water partition coefficient (Wildman–Crippen LogP) is 5.02. The van der Waals surface area contributed by atoms with Gasteiger partial charge in [-0.1, -0.05) is 60.1 Å². The molecule has 0 spiro atoms. The Balaban J connectivity index is 1.88. The van der Waals surface area contributed by atoms with E-state index >= 15 is 0 Å². The number of methoxy groups -OCH3 is 1. The molecule has 0 radical (unpaired) electrons. The van der Waals surface area contributed by atoms with Gasteiger partial charge in [-0.15, -0.1) is 0 Å². The van der Waals surface area contributed by atoms with Crippen LogP contribution in [0, 0.1) is 10.1 Å². The molecule has 1 aliphatic heterocycles. The second-order valence-electron chi connectivity index (χ2n) is 7.46. The molecule has 0 saturated carbocycles. The highest BCUT2D eigenvalue weighted by Gasteiger charge is 2.52. The smallest absolute Gasteiger partial charge is 0.334 e. The zero-order valence-corrected chi connectivity index (χ0v) is 18.0. The van der Waals surface area contributed by atoms with E-state index in [1.54, 1.807) is 47.5 Å². The number of carbonyl (C=O) groups excluding carboxylic acids is 1. The van der Waals surface area contributed by atoms with Gasteiger partial charge >= 0.3 is 5.97 Å². The summed E-state index contributed by atoms with van der Waals surface area (Å²) in [4.78, 5) is 24.5. The van der Waals surface area contributed by atoms with E-state index in [1.165, 1.54) is 13.2 Å². The number of benzene rings is 3. The Hall–Kier alpha value is -3.71. The Kier molecular flexibility index (Phi) is 5.92. The van der Waals surface area contributed by atoms with E-state index in [0.29, 0.717) is 22.0 Å². The minimum absolute atomic E-state index is 0.0410. The number of hydrogen-bond donors (Lipinski definition) is 0. The van der Waals surface area contributed by atoms with Crippen molar-refractivity contribution in [3.63, 3.8) is 0 Å². The number of nitrogens with zero attached hydrogens (tertiary/aromatic N) is 3. The number of esters is 1. The molecule has 162 valence electrons. The van der Waals surface area contributed by atoms with Gasteiger partial charge in [0.15, 0.2) is 5.54 Å². The summed E-state index contributed by atoms with van der Waals surface area (Å²) in [5.41, 5.74) is 1.24. The fourth-order valence-corrected chi connectivity index (χ4v) is 4.12. The normalized spacial score (nSPS) is 17.7. The summed E-state index contributed by atoms with van der Waals surface area (Å²) < 4.78 is 5.22. The zero-order valence-electron chi connectivity index (χ0n) is 17.3. The molecule has 1 aliphatic rings. The van der Waals surface area contributed by atoms with E-state index in [-0.39, 0.29) is 18.5 Å². The number of halogens is 1. The fourth-order valence-electron chi connectivity index (χ4n) is 3.99. The van der Waals surface area contributed by atoms with Gasteiger partial charge < -0.3 is 4.74 Å². The lowest BCUT2D eigenvalue weighted by molar-refractivity contribution is -0.385. The molecule has 0 amide bonds. The molecule has 0 aromatic heterocycles. The van der Waals surface area contributed by atoms with Crippen molar-refractivity contribution in [3.05, 3.63) is 105 Å². The molecule has 4 rings (SSSR count). The van der Waals surface area contributed by atoms with Crippen LogP contribution in [0.1, 0.15) is 17.5 Å². The van der Waals surface area contributed by atoms with Crippen molar-refractivity contribution < 1.29 is 14.5 Å². The number of nitro benzene ring substituents is 1. The van der Waals surface area contributed by atoms with Crippen LogP contribution < -0.4 is 5.01 Å². The number of anilines is 1. The van der Waals surface area contributed by atoms with Gasteiger partial charge in [-0.05, 0) is 29.8 Å². The quantitative estimate of drug-likeness (QED) is 0.300. The number of rotatable bonds is 6. The maximum absolute atomic E-state index is 13.3. The van der Waals surface area contributed by atoms with E-state index in [4.69, 9.17) is 21.4 Å². The number of hydrogen-bond acceptors (Lipinski definition) is 6. The minimum Gasteiger partial charge on any atom is -0.467 e. The van der Waals surface area contributed by atoms with Crippen LogP contribution in [0.2, 0.25) is 5.02 Å². The van der Waals surface area contributed by atoms with Crippen molar-refractivity contribution >= 4 is 34.7 Å². The number of ether oxygens (including phenoxy) is 1. The molecule has 0 N–H and O–H groups in total. The lowest BCUT2D eigenvalue weighted by Gasteiger charge is -2.35. The van der Waals surface area contributed by atoms with Crippen LogP contribution in [-0.4, -0.2) is 29.3 Å². The van der Waals surface area contributed by atoms with Crippen molar-refractivity contribution in [1.82, 2.24) is 0 Å². The number of hydrazone groups is 1. The van der Waals surface area contributed by atoms with Crippen molar-refractivity contribution in [1.29, 1.82) is 0 Å². The summed E-state index contributed by atoms with van der Waals surface area (Å²) in [5.74, 6) is -0.528. The van der Waals surface area contributed by atoms with Gasteiger partial charge in [-0.3, -0.25) is 10.1 Å². The molecular formula is C24H20ClN3O4. The molecule has 8 heteroatoms. The van der Waals surface area contributed by atoms with E-state index in [9.17, 15) is 14.9 Å². The predicted molar refractivity (Wildman–Crippen MR) is 123 cm³/mol. The van der Waals surface area contributed by atoms with Crippen molar-refractivity contribution in [2.75, 3.05) is 12.1 Å². The first kappa shape index (κ1) is 21.5. The molecule has 1 unspecified atom stereocenters. The highest BCUT2D eigenvalue weighted by molar-refractivity contribution is 6.30. The third kappa shape index (κ3) is 3.94. The molecule has 0 saturated heterocycles. The topological polar surface area (TPSA) is 85.0 Å². The molecule has 1 heterocycles. The van der Waals surface area contributed by atoms with Gasteiger partial charge in [0.05, 0.1) is 23.4 Å². The van der Waals surface area contributed by atoms with Gasteiger partial charge in [0.1, 0.15) is 0 Å². The van der Waals surface area contributed by atoms with Gasteiger partial charge in [-0.25, -0.2) is 9.80 Å². The number of carbonyl (C=O) groups is 1. The van der Waals surface area contributed by atoms with Crippen LogP contribution in [0.4, 0.5) is 11.4 Å². The molecule has 0 bridgehead atoms. The third-order valence-corrected chi connectivity index (χ3v) is 5.75. The zero-order chi connectivity index (χ0) is 22.7. The minimum atomic E-state index is -1.31. The van der Waals surface area contributed by atoms with Crippen LogP contribution in [0.3, 0.4) is 0 Å². The largest absolute Gasteiger partial charge is 0.467 e. The van der Waals surface area contributed by atoms with E-state index in [0.717, 1.165) is 5.56 Å². The summed E-state index contributed by atoms with van der Waals surface area (Å²) in [7, 11) is 1.31. The molecule has 3 aromatic carbocycles. The van der Waals surface area contributed by atoms with Crippen LogP contribution in [0.15, 0.2) is 84.0 Å². The number of para-hydroxylation sites is 1. The molecule has 1 atom stereocenters. The van der Waals surface area contributed by atoms with Crippen molar-refractivity contribution in [3.8, 4) is 0 Å². The first-order valence-corrected chi connectivity index (χ1v) is 10.3. The SMILES string of the molecule is COC(=O)C1(Cc2ccccc2[N+](=O)[O-])CC(c2ccccc2)=NN1c1ccc(Cl)cc1. The van der Waals surface area contributed by atoms with Gasteiger partial charge in [-0.2, -0.15) is 5.10 Å². The summed E-state index contributed by atoms with van der Waals surface area (Å²) >= 11 is 6.07. The maximum atomic E-state index is 13.3. The standard InChI is InChI=1S/C24H20ClN3O4/c1-32-23(29)24(15-18-9-5-6-10-22(18)28(30)31)16-21(17-7-3-2-4-8-17)26-27(24)20-13-11-19(25)12-14-20/h2-14H,15-16H2,1H3. The first-order chi connectivity index (χ1) is 15.4. The highest BCUT2D eigenvalue weighted by atomic mass is 35.5. The average molecular weight is 450 g/mol. The first-order valence-electron chi connectivity index (χ1n) is 9.94. The van der Waals surface area contributed by atoms with Crippen LogP contribution in [0.25, 0.3) is 0 Å². The lowest BCUT2D eigenvalue weighted by Crippen LogP contribution is -2.52. The van der Waals surface area contributed by atoms with Crippen LogP contribution in [0.5, 0.6) is 0 Å². The summed E-state index contributed by atoms with van der Waals surface area (Å²) in [5, 5.41) is 18.6. The molecule has 0 fully saturated rings. The third-order valence-electron chi connectivity index (χ3n) is 5.50. The van der Waals surface area contributed by atoms with Crippen LogP contribution in [-0.2, 0) is 16.0 Å². The summed E-state index contributed by atoms with van der Waals surface area (Å²) in [6.45, 7) is 0. The van der Waals surface area contributed by atoms with E-state index in [1.807, 2.05) is 30.3 Å². The summed E-state index contributed by atoms with van der Waals surface area (Å²) in [6.07, 6.45) is 0.262. The molecule has 32 heavy (non-hydrogen) atoms. The van der Waals surface area contributed by atoms with Gasteiger partial charge in [0.2, 0.25) is 0 Å².